The number of nitrogens with one attached hydrogen (secondary N) is 1. The van der Waals surface area contributed by atoms with E-state index in [1.165, 1.54) is 32.1 Å². The summed E-state index contributed by atoms with van der Waals surface area (Å²) in [5.74, 6) is 0.938. The zero-order valence-electron chi connectivity index (χ0n) is 16.0. The zero-order chi connectivity index (χ0) is 18.5. The molecule has 1 aromatic rings. The number of amides is 1. The molecule has 2 fully saturated rings. The summed E-state index contributed by atoms with van der Waals surface area (Å²) in [7, 11) is 0. The molecule has 1 aromatic carbocycles. The minimum atomic E-state index is 0. The molecule has 1 saturated heterocycles. The van der Waals surface area contributed by atoms with Crippen molar-refractivity contribution in [1.82, 2.24) is 4.90 Å². The maximum atomic E-state index is 12.5. The summed E-state index contributed by atoms with van der Waals surface area (Å²) in [5.41, 5.74) is 1.77. The lowest BCUT2D eigenvalue weighted by Gasteiger charge is -2.26. The fraction of sp³-hybridized carbons (Fsp3) is 0.600. The first-order valence-corrected chi connectivity index (χ1v) is 11.0. The van der Waals surface area contributed by atoms with Gasteiger partial charge in [-0.3, -0.25) is 9.79 Å². The molecule has 1 heterocycles. The average Bonchev–Trinajstić information content (AvgIpc) is 2.99. The number of rotatable bonds is 5. The highest BCUT2D eigenvalue weighted by molar-refractivity contribution is 8.14. The van der Waals surface area contributed by atoms with Crippen LogP contribution in [0.4, 0.5) is 5.69 Å². The van der Waals surface area contributed by atoms with Gasteiger partial charge < -0.3 is 10.2 Å². The maximum absolute atomic E-state index is 12.5. The standard InChI is InChI=1S/C20H28ClN3OS.ClH/c1-3-24-16(13-26-20(24)22-15-7-5-4-6-8-15)12-19(25)23-18-10-9-14(2)11-17(18)21;/h9-11,15-16H,3-8,12-13H2,1-2H3,(H,23,25);1H/b22-20-;. The number of carbonyl (C=O) groups is 1. The molecule has 0 bridgehead atoms. The van der Waals surface area contributed by atoms with Crippen molar-refractivity contribution in [2.75, 3.05) is 17.6 Å². The summed E-state index contributed by atoms with van der Waals surface area (Å²) in [6.07, 6.45) is 6.81. The predicted octanol–water partition coefficient (Wildman–Crippen LogP) is 5.52. The van der Waals surface area contributed by atoms with Gasteiger partial charge in [-0.25, -0.2) is 0 Å². The van der Waals surface area contributed by atoms with Crippen LogP contribution in [-0.2, 0) is 4.79 Å². The number of halogens is 2. The number of carbonyl (C=O) groups excluding carboxylic acids is 1. The van der Waals surface area contributed by atoms with Gasteiger partial charge in [0.25, 0.3) is 0 Å². The van der Waals surface area contributed by atoms with Crippen LogP contribution in [0, 0.1) is 6.92 Å². The van der Waals surface area contributed by atoms with Crippen LogP contribution in [0.2, 0.25) is 5.02 Å². The van der Waals surface area contributed by atoms with Gasteiger partial charge in [0.1, 0.15) is 0 Å². The number of benzene rings is 1. The summed E-state index contributed by atoms with van der Waals surface area (Å²) in [5, 5.41) is 4.68. The summed E-state index contributed by atoms with van der Waals surface area (Å²) in [6.45, 7) is 5.02. The second kappa shape index (κ2) is 10.6. The van der Waals surface area contributed by atoms with E-state index in [0.29, 0.717) is 23.2 Å². The molecule has 7 heteroatoms. The smallest absolute Gasteiger partial charge is 0.226 e. The molecule has 1 atom stereocenters. The number of thioether (sulfide) groups is 1. The SMILES string of the molecule is CCN1/C(=N/C2CCCCC2)SCC1CC(=O)Nc1ccc(C)cc1Cl.Cl. The van der Waals surface area contributed by atoms with Crippen molar-refractivity contribution in [2.45, 2.75) is 64.5 Å². The number of aliphatic imine (C=N–C) groups is 1. The van der Waals surface area contributed by atoms with Gasteiger partial charge in [0.05, 0.1) is 16.8 Å². The Morgan fingerprint density at radius 3 is 2.74 bits per heavy atom. The molecule has 1 N–H and O–H groups in total. The third-order valence-corrected chi connectivity index (χ3v) is 6.58. The van der Waals surface area contributed by atoms with E-state index in [9.17, 15) is 4.79 Å². The van der Waals surface area contributed by atoms with Gasteiger partial charge in [0.15, 0.2) is 5.17 Å². The van der Waals surface area contributed by atoms with Crippen LogP contribution < -0.4 is 5.32 Å². The number of amidine groups is 1. The summed E-state index contributed by atoms with van der Waals surface area (Å²) >= 11 is 8.03. The molecule has 1 saturated carbocycles. The highest BCUT2D eigenvalue weighted by Crippen LogP contribution is 2.30. The van der Waals surface area contributed by atoms with Gasteiger partial charge in [-0.15, -0.1) is 12.4 Å². The van der Waals surface area contributed by atoms with Crippen LogP contribution in [0.25, 0.3) is 0 Å². The minimum Gasteiger partial charge on any atom is -0.347 e. The van der Waals surface area contributed by atoms with Crippen LogP contribution in [0.3, 0.4) is 0 Å². The number of anilines is 1. The Balaban J connectivity index is 0.00000261. The number of hydrogen-bond donors (Lipinski definition) is 1. The molecular weight excluding hydrogens is 401 g/mol. The molecule has 4 nitrogen and oxygen atoms in total. The van der Waals surface area contributed by atoms with Crippen LogP contribution in [0.5, 0.6) is 0 Å². The summed E-state index contributed by atoms with van der Waals surface area (Å²) in [6, 6.07) is 6.37. The van der Waals surface area contributed by atoms with E-state index in [1.807, 2.05) is 25.1 Å². The quantitative estimate of drug-likeness (QED) is 0.669. The summed E-state index contributed by atoms with van der Waals surface area (Å²) < 4.78 is 0. The van der Waals surface area contributed by atoms with Crippen molar-refractivity contribution in [3.8, 4) is 0 Å². The van der Waals surface area contributed by atoms with Crippen molar-refractivity contribution in [1.29, 1.82) is 0 Å². The fourth-order valence-electron chi connectivity index (χ4n) is 3.68. The molecule has 27 heavy (non-hydrogen) atoms. The maximum Gasteiger partial charge on any atom is 0.226 e. The first-order valence-electron chi connectivity index (χ1n) is 9.60. The topological polar surface area (TPSA) is 44.7 Å². The monoisotopic (exact) mass is 429 g/mol. The molecule has 2 aliphatic rings. The lowest BCUT2D eigenvalue weighted by molar-refractivity contribution is -0.116. The fourth-order valence-corrected chi connectivity index (χ4v) is 5.27. The van der Waals surface area contributed by atoms with Crippen molar-refractivity contribution in [3.63, 3.8) is 0 Å². The van der Waals surface area contributed by atoms with Crippen molar-refractivity contribution in [2.24, 2.45) is 4.99 Å². The average molecular weight is 430 g/mol. The first kappa shape index (κ1) is 22.4. The van der Waals surface area contributed by atoms with Crippen molar-refractivity contribution < 1.29 is 4.79 Å². The zero-order valence-corrected chi connectivity index (χ0v) is 18.4. The Morgan fingerprint density at radius 1 is 1.33 bits per heavy atom. The first-order chi connectivity index (χ1) is 12.6. The minimum absolute atomic E-state index is 0. The van der Waals surface area contributed by atoms with Crippen LogP contribution >= 0.6 is 35.8 Å². The van der Waals surface area contributed by atoms with E-state index in [4.69, 9.17) is 16.6 Å². The molecule has 0 radical (unpaired) electrons. The molecule has 0 spiro atoms. The van der Waals surface area contributed by atoms with Crippen LogP contribution in [-0.4, -0.2) is 40.4 Å². The van der Waals surface area contributed by atoms with Gasteiger partial charge in [-0.05, 0) is 44.4 Å². The third kappa shape index (κ3) is 6.03. The second-order valence-electron chi connectivity index (χ2n) is 7.19. The van der Waals surface area contributed by atoms with Gasteiger partial charge in [0.2, 0.25) is 5.91 Å². The second-order valence-corrected chi connectivity index (χ2v) is 8.58. The Kier molecular flexibility index (Phi) is 8.77. The molecule has 1 aliphatic heterocycles. The van der Waals surface area contributed by atoms with E-state index in [-0.39, 0.29) is 24.4 Å². The van der Waals surface area contributed by atoms with E-state index in [2.05, 4.69) is 17.1 Å². The molecular formula is C20H29Cl2N3OS. The highest BCUT2D eigenvalue weighted by Gasteiger charge is 2.31. The Bertz CT molecular complexity index is 677. The van der Waals surface area contributed by atoms with E-state index in [0.717, 1.165) is 23.0 Å². The Morgan fingerprint density at radius 2 is 2.07 bits per heavy atom. The molecule has 1 unspecified atom stereocenters. The molecule has 1 amide bonds. The van der Waals surface area contributed by atoms with E-state index >= 15 is 0 Å². The Labute approximate surface area is 177 Å². The van der Waals surface area contributed by atoms with Crippen molar-refractivity contribution in [3.05, 3.63) is 28.8 Å². The van der Waals surface area contributed by atoms with Gasteiger partial charge in [-0.1, -0.05) is 48.7 Å². The lowest BCUT2D eigenvalue weighted by atomic mass is 9.96. The van der Waals surface area contributed by atoms with Gasteiger partial charge >= 0.3 is 0 Å². The number of hydrogen-bond acceptors (Lipinski definition) is 3. The number of nitrogens with zero attached hydrogens (tertiary/aromatic N) is 2. The predicted molar refractivity (Wildman–Crippen MR) is 120 cm³/mol. The Hall–Kier alpha value is -0.910. The lowest BCUT2D eigenvalue weighted by Crippen LogP contribution is -2.37. The molecule has 150 valence electrons. The normalized spacial score (nSPS) is 22.0. The van der Waals surface area contributed by atoms with E-state index < -0.39 is 0 Å². The van der Waals surface area contributed by atoms with E-state index in [1.54, 1.807) is 11.8 Å². The summed E-state index contributed by atoms with van der Waals surface area (Å²) in [4.78, 5) is 19.8. The van der Waals surface area contributed by atoms with Crippen LogP contribution in [0.15, 0.2) is 23.2 Å². The third-order valence-electron chi connectivity index (χ3n) is 5.12. The van der Waals surface area contributed by atoms with Crippen LogP contribution in [0.1, 0.15) is 51.0 Å². The molecule has 1 aliphatic carbocycles. The van der Waals surface area contributed by atoms with Gasteiger partial charge in [0, 0.05) is 24.8 Å². The largest absolute Gasteiger partial charge is 0.347 e. The number of aryl methyl sites for hydroxylation is 1. The molecule has 3 rings (SSSR count). The van der Waals surface area contributed by atoms with Gasteiger partial charge in [-0.2, -0.15) is 0 Å². The highest BCUT2D eigenvalue weighted by atomic mass is 35.5. The van der Waals surface area contributed by atoms with Crippen molar-refractivity contribution >= 4 is 52.5 Å². The molecule has 0 aromatic heterocycles.